The summed E-state index contributed by atoms with van der Waals surface area (Å²) in [6.45, 7) is 12.7. The van der Waals surface area contributed by atoms with Gasteiger partial charge >= 0.3 is 5.97 Å². The molecule has 0 aliphatic rings. The van der Waals surface area contributed by atoms with E-state index in [1.165, 1.54) is 11.6 Å². The number of hydrogen-bond donors (Lipinski definition) is 3. The summed E-state index contributed by atoms with van der Waals surface area (Å²) >= 11 is 0. The average Bonchev–Trinajstić information content (AvgIpc) is 2.83. The van der Waals surface area contributed by atoms with Gasteiger partial charge < -0.3 is 20.1 Å². The average molecular weight is 528 g/mol. The molecule has 1 unspecified atom stereocenters. The van der Waals surface area contributed by atoms with E-state index in [1.807, 2.05) is 45.9 Å². The molecule has 2 rings (SSSR count). The van der Waals surface area contributed by atoms with Crippen LogP contribution in [-0.4, -0.2) is 65.8 Å². The van der Waals surface area contributed by atoms with Crippen LogP contribution in [0.15, 0.2) is 42.5 Å². The van der Waals surface area contributed by atoms with Crippen molar-refractivity contribution in [3.05, 3.63) is 64.7 Å². The largest absolute Gasteiger partial charge is 0.507 e. The van der Waals surface area contributed by atoms with Crippen LogP contribution in [0.1, 0.15) is 69.7 Å². The number of nitrogens with zero attached hydrogens (tertiary/aromatic N) is 1. The molecule has 0 bridgehead atoms. The number of allylic oxidation sites excluding steroid dienone is 1. The van der Waals surface area contributed by atoms with Crippen molar-refractivity contribution in [2.75, 3.05) is 27.2 Å². The fourth-order valence-corrected chi connectivity index (χ4v) is 4.16. The van der Waals surface area contributed by atoms with Crippen LogP contribution < -0.4 is 4.74 Å². The Hall–Kier alpha value is -3.16. The normalized spacial score (nSPS) is 12.7. The number of aryl methyl sites for hydroxylation is 1. The Labute approximate surface area is 227 Å². The van der Waals surface area contributed by atoms with Gasteiger partial charge in [-0.05, 0) is 86.3 Å². The Morgan fingerprint density at radius 1 is 1.05 bits per heavy atom. The zero-order chi connectivity index (χ0) is 29.1. The number of likely N-dealkylation sites (N-methyl/N-ethyl adjacent to an activating group) is 1. The number of ether oxygens (including phenoxy) is 1. The number of aliphatic hydroxyl groups is 1. The number of carboxylic acids is 1. The van der Waals surface area contributed by atoms with Crippen LogP contribution in [0.2, 0.25) is 0 Å². The van der Waals surface area contributed by atoms with Gasteiger partial charge in [0.15, 0.2) is 0 Å². The minimum absolute atomic E-state index is 0.111. The molecule has 0 aromatic heterocycles. The molecular weight excluding hydrogens is 482 g/mol. The van der Waals surface area contributed by atoms with Gasteiger partial charge in [0.25, 0.3) is 0 Å². The molecule has 0 spiro atoms. The standard InChI is InChI=1S/C27H36O4.C4H9NO2/c1-7-27(8-2,22-11-13-23(29)20(17-22)10-9-15-28)21-12-14-24(19(3)16-21)31-18-25(30)26(4,5)6;1-5(2)3-4(6)7/h9-17,25,29-30H,7-8,18H2,1-6H3;3H2,1-2H3,(H,6,7)/b10-9+;. The molecule has 0 fully saturated rings. The Bertz CT molecular complexity index is 1080. The molecule has 0 amide bonds. The molecule has 0 saturated carbocycles. The molecule has 1 atom stereocenters. The molecule has 0 aliphatic heterocycles. The number of aliphatic carboxylic acids is 1. The number of aromatic hydroxyl groups is 1. The first-order valence-corrected chi connectivity index (χ1v) is 13.0. The Morgan fingerprint density at radius 3 is 2.08 bits per heavy atom. The lowest BCUT2D eigenvalue weighted by atomic mass is 9.70. The van der Waals surface area contributed by atoms with Crippen LogP contribution in [0.25, 0.3) is 6.08 Å². The van der Waals surface area contributed by atoms with Crippen molar-refractivity contribution in [2.24, 2.45) is 5.41 Å². The third-order valence-corrected chi connectivity index (χ3v) is 6.72. The molecule has 0 aliphatic carbocycles. The molecule has 2 aromatic carbocycles. The van der Waals surface area contributed by atoms with Crippen LogP contribution in [0.4, 0.5) is 0 Å². The molecule has 7 nitrogen and oxygen atoms in total. The zero-order valence-electron chi connectivity index (χ0n) is 24.1. The van der Waals surface area contributed by atoms with Crippen molar-refractivity contribution in [3.63, 3.8) is 0 Å². The molecule has 3 N–H and O–H groups in total. The summed E-state index contributed by atoms with van der Waals surface area (Å²) in [4.78, 5) is 22.1. The summed E-state index contributed by atoms with van der Waals surface area (Å²) in [7, 11) is 3.43. The second kappa shape index (κ2) is 14.7. The number of aliphatic hydroxyl groups excluding tert-OH is 1. The van der Waals surface area contributed by atoms with Crippen LogP contribution in [-0.2, 0) is 15.0 Å². The number of carboxylic acid groups (broad SMARTS) is 1. The second-order valence-corrected chi connectivity index (χ2v) is 10.9. The third kappa shape index (κ3) is 9.30. The fourth-order valence-electron chi connectivity index (χ4n) is 4.16. The molecule has 0 heterocycles. The number of phenols is 1. The summed E-state index contributed by atoms with van der Waals surface area (Å²) in [5.41, 5.74) is 3.45. The van der Waals surface area contributed by atoms with E-state index in [-0.39, 0.29) is 29.7 Å². The zero-order valence-corrected chi connectivity index (χ0v) is 24.1. The summed E-state index contributed by atoms with van der Waals surface area (Å²) in [5, 5.41) is 28.5. The number of benzene rings is 2. The van der Waals surface area contributed by atoms with Gasteiger partial charge in [0, 0.05) is 11.0 Å². The van der Waals surface area contributed by atoms with E-state index in [4.69, 9.17) is 9.84 Å². The van der Waals surface area contributed by atoms with Crippen LogP contribution in [0.5, 0.6) is 11.5 Å². The van der Waals surface area contributed by atoms with Gasteiger partial charge in [-0.1, -0.05) is 52.8 Å². The van der Waals surface area contributed by atoms with Gasteiger partial charge in [0.05, 0.1) is 12.6 Å². The summed E-state index contributed by atoms with van der Waals surface area (Å²) in [6.07, 6.45) is 4.94. The van der Waals surface area contributed by atoms with Gasteiger partial charge in [-0.3, -0.25) is 14.5 Å². The number of aldehydes is 1. The maximum atomic E-state index is 10.7. The quantitative estimate of drug-likeness (QED) is 0.264. The molecule has 0 saturated heterocycles. The van der Waals surface area contributed by atoms with Gasteiger partial charge in [-0.25, -0.2) is 0 Å². The first-order chi connectivity index (χ1) is 17.7. The number of rotatable bonds is 11. The predicted octanol–water partition coefficient (Wildman–Crippen LogP) is 5.44. The smallest absolute Gasteiger partial charge is 0.317 e. The van der Waals surface area contributed by atoms with Crippen molar-refractivity contribution in [2.45, 2.75) is 65.9 Å². The van der Waals surface area contributed by atoms with Gasteiger partial charge in [0.2, 0.25) is 0 Å². The minimum atomic E-state index is -0.787. The number of hydrogen-bond acceptors (Lipinski definition) is 6. The number of carbonyl (C=O) groups is 2. The van der Waals surface area contributed by atoms with Crippen LogP contribution in [0.3, 0.4) is 0 Å². The highest BCUT2D eigenvalue weighted by Gasteiger charge is 2.32. The Kier molecular flexibility index (Phi) is 12.7. The van der Waals surface area contributed by atoms with E-state index in [0.29, 0.717) is 11.8 Å². The lowest BCUT2D eigenvalue weighted by molar-refractivity contribution is -0.137. The van der Waals surface area contributed by atoms with E-state index in [1.54, 1.807) is 31.1 Å². The second-order valence-electron chi connectivity index (χ2n) is 10.9. The van der Waals surface area contributed by atoms with E-state index >= 15 is 0 Å². The lowest BCUT2D eigenvalue weighted by Crippen LogP contribution is -2.32. The lowest BCUT2D eigenvalue weighted by Gasteiger charge is -2.34. The Balaban J connectivity index is 0.000000905. The van der Waals surface area contributed by atoms with Crippen LogP contribution in [0, 0.1) is 12.3 Å². The number of phenolic OH excluding ortho intramolecular Hbond substituents is 1. The monoisotopic (exact) mass is 527 g/mol. The molecule has 0 radical (unpaired) electrons. The van der Waals surface area contributed by atoms with Crippen molar-refractivity contribution in [3.8, 4) is 11.5 Å². The van der Waals surface area contributed by atoms with E-state index in [9.17, 15) is 19.8 Å². The summed E-state index contributed by atoms with van der Waals surface area (Å²) in [6, 6.07) is 11.8. The Morgan fingerprint density at radius 2 is 1.63 bits per heavy atom. The van der Waals surface area contributed by atoms with Crippen LogP contribution >= 0.6 is 0 Å². The highest BCUT2D eigenvalue weighted by atomic mass is 16.5. The summed E-state index contributed by atoms with van der Waals surface area (Å²) < 4.78 is 5.92. The minimum Gasteiger partial charge on any atom is -0.507 e. The first-order valence-electron chi connectivity index (χ1n) is 13.0. The maximum Gasteiger partial charge on any atom is 0.317 e. The van der Waals surface area contributed by atoms with E-state index < -0.39 is 12.1 Å². The highest BCUT2D eigenvalue weighted by molar-refractivity contribution is 5.75. The SMILES string of the molecule is CCC(CC)(c1ccc(OCC(O)C(C)(C)C)c(C)c1)c1ccc(O)c(/C=C/C=O)c1.CN(C)CC(=O)O. The molecular formula is C31H45NO6. The van der Waals surface area contributed by atoms with Gasteiger partial charge in [0.1, 0.15) is 24.4 Å². The van der Waals surface area contributed by atoms with Crippen molar-refractivity contribution in [1.82, 2.24) is 4.90 Å². The van der Waals surface area contributed by atoms with Crippen molar-refractivity contribution in [1.29, 1.82) is 0 Å². The molecule has 2 aromatic rings. The molecule has 38 heavy (non-hydrogen) atoms. The third-order valence-electron chi connectivity index (χ3n) is 6.72. The van der Waals surface area contributed by atoms with Gasteiger partial charge in [-0.2, -0.15) is 0 Å². The molecule has 7 heteroatoms. The van der Waals surface area contributed by atoms with Crippen molar-refractivity contribution >= 4 is 18.3 Å². The van der Waals surface area contributed by atoms with Crippen molar-refractivity contribution < 1.29 is 29.6 Å². The molecule has 210 valence electrons. The highest BCUT2D eigenvalue weighted by Crippen LogP contribution is 2.41. The van der Waals surface area contributed by atoms with Gasteiger partial charge in [-0.15, -0.1) is 0 Å². The maximum absolute atomic E-state index is 10.7. The first kappa shape index (κ1) is 32.9. The fraction of sp³-hybridized carbons (Fsp3) is 0.484. The van der Waals surface area contributed by atoms with E-state index in [0.717, 1.165) is 29.7 Å². The summed E-state index contributed by atoms with van der Waals surface area (Å²) in [5.74, 6) is 0.138. The predicted molar refractivity (Wildman–Crippen MR) is 153 cm³/mol. The topological polar surface area (TPSA) is 107 Å². The number of carbonyl (C=O) groups excluding carboxylic acids is 1. The van der Waals surface area contributed by atoms with E-state index in [2.05, 4.69) is 26.0 Å².